The fraction of sp³-hybridized carbons (Fsp3) is 0.182. The van der Waals surface area contributed by atoms with E-state index in [0.717, 1.165) is 24.1 Å². The second kappa shape index (κ2) is 4.30. The van der Waals surface area contributed by atoms with E-state index < -0.39 is 0 Å². The number of aromatic nitrogens is 2. The minimum absolute atomic E-state index is 0.183. The summed E-state index contributed by atoms with van der Waals surface area (Å²) in [5.41, 5.74) is 2.29. The lowest BCUT2D eigenvalue weighted by atomic mass is 10.1. The van der Waals surface area contributed by atoms with E-state index in [2.05, 4.69) is 9.55 Å². The first-order valence-electron chi connectivity index (χ1n) is 4.97. The molecule has 1 heterocycles. The molecule has 0 aliphatic carbocycles. The lowest BCUT2D eigenvalue weighted by Gasteiger charge is -2.05. The van der Waals surface area contributed by atoms with Gasteiger partial charge in [-0.3, -0.25) is 0 Å². The van der Waals surface area contributed by atoms with Gasteiger partial charge in [0.2, 0.25) is 0 Å². The lowest BCUT2D eigenvalue weighted by molar-refractivity contribution is 0.625. The Balaban J connectivity index is 1.99. The van der Waals surface area contributed by atoms with Crippen LogP contribution in [-0.2, 0) is 13.0 Å². The van der Waals surface area contributed by atoms with Crippen LogP contribution in [-0.4, -0.2) is 17.4 Å². The second-order valence-corrected chi connectivity index (χ2v) is 3.60. The van der Waals surface area contributed by atoms with Gasteiger partial charge in [-0.2, -0.15) is 0 Å². The molecule has 0 saturated heterocycles. The third-order valence-electron chi connectivity index (χ3n) is 2.48. The Kier molecular flexibility index (Phi) is 2.85. The summed E-state index contributed by atoms with van der Waals surface area (Å²) in [6.45, 7) is 0.886. The van der Waals surface area contributed by atoms with E-state index >= 15 is 0 Å². The molecule has 1 aromatic carbocycles. The topological polar surface area (TPSA) is 17.8 Å². The SMILES string of the molecule is Bc1cncn1CCc1ccc(F)cc1. The van der Waals surface area contributed by atoms with Crippen molar-refractivity contribution in [1.29, 1.82) is 0 Å². The zero-order valence-corrected chi connectivity index (χ0v) is 8.65. The van der Waals surface area contributed by atoms with Gasteiger partial charge in [0.25, 0.3) is 0 Å². The molecule has 2 aromatic rings. The van der Waals surface area contributed by atoms with Gasteiger partial charge in [-0.05, 0) is 29.7 Å². The first-order valence-corrected chi connectivity index (χ1v) is 4.97. The molecular weight excluding hydrogens is 190 g/mol. The van der Waals surface area contributed by atoms with Crippen LogP contribution in [0.5, 0.6) is 0 Å². The highest BCUT2D eigenvalue weighted by atomic mass is 19.1. The zero-order chi connectivity index (χ0) is 10.7. The monoisotopic (exact) mass is 202 g/mol. The molecule has 0 aliphatic heterocycles. The third kappa shape index (κ3) is 2.46. The third-order valence-corrected chi connectivity index (χ3v) is 2.48. The molecule has 0 radical (unpaired) electrons. The van der Waals surface area contributed by atoms with Crippen molar-refractivity contribution in [3.63, 3.8) is 0 Å². The molecule has 0 unspecified atom stereocenters. The zero-order valence-electron chi connectivity index (χ0n) is 8.65. The van der Waals surface area contributed by atoms with Crippen LogP contribution in [0.1, 0.15) is 5.56 Å². The fourth-order valence-electron chi connectivity index (χ4n) is 1.52. The van der Waals surface area contributed by atoms with E-state index in [1.165, 1.54) is 12.1 Å². The molecule has 76 valence electrons. The molecule has 0 aliphatic rings. The molecule has 2 nitrogen and oxygen atoms in total. The number of hydrogen-bond acceptors (Lipinski definition) is 1. The maximum atomic E-state index is 12.6. The van der Waals surface area contributed by atoms with Crippen LogP contribution < -0.4 is 5.59 Å². The van der Waals surface area contributed by atoms with Crippen molar-refractivity contribution in [1.82, 2.24) is 9.55 Å². The van der Waals surface area contributed by atoms with Gasteiger partial charge in [0.05, 0.1) is 6.33 Å². The first-order chi connectivity index (χ1) is 7.25. The standard InChI is InChI=1S/C11H12BFN2/c12-11-7-14-8-15(11)6-5-9-1-3-10(13)4-2-9/h1-4,7-8H,5-6,12H2. The lowest BCUT2D eigenvalue weighted by Crippen LogP contribution is -2.16. The highest BCUT2D eigenvalue weighted by Crippen LogP contribution is 2.04. The highest BCUT2D eigenvalue weighted by molar-refractivity contribution is 6.30. The largest absolute Gasteiger partial charge is 0.344 e. The van der Waals surface area contributed by atoms with E-state index in [0.29, 0.717) is 0 Å². The van der Waals surface area contributed by atoms with Gasteiger partial charge < -0.3 is 4.57 Å². The second-order valence-electron chi connectivity index (χ2n) is 3.60. The van der Waals surface area contributed by atoms with E-state index in [1.54, 1.807) is 0 Å². The van der Waals surface area contributed by atoms with Crippen molar-refractivity contribution in [3.8, 4) is 0 Å². The Labute approximate surface area is 89.2 Å². The van der Waals surface area contributed by atoms with Gasteiger partial charge >= 0.3 is 0 Å². The minimum atomic E-state index is -0.183. The summed E-state index contributed by atoms with van der Waals surface area (Å²) >= 11 is 0. The molecule has 0 amide bonds. The van der Waals surface area contributed by atoms with Crippen molar-refractivity contribution in [2.45, 2.75) is 13.0 Å². The number of rotatable bonds is 3. The molecule has 4 heteroatoms. The minimum Gasteiger partial charge on any atom is -0.344 e. The molecule has 1 aromatic heterocycles. The molecule has 2 rings (SSSR count). The summed E-state index contributed by atoms with van der Waals surface area (Å²) in [5.74, 6) is -0.183. The molecular formula is C11H12BFN2. The first kappa shape index (κ1) is 9.96. The summed E-state index contributed by atoms with van der Waals surface area (Å²) in [5, 5.41) is 0. The molecule has 15 heavy (non-hydrogen) atoms. The van der Waals surface area contributed by atoms with Gasteiger partial charge in [0, 0.05) is 12.7 Å². The van der Waals surface area contributed by atoms with Crippen molar-refractivity contribution < 1.29 is 4.39 Å². The van der Waals surface area contributed by atoms with E-state index in [-0.39, 0.29) is 5.82 Å². The Hall–Kier alpha value is -1.58. The smallest absolute Gasteiger partial charge is 0.163 e. The molecule has 0 N–H and O–H groups in total. The predicted molar refractivity (Wildman–Crippen MR) is 60.5 cm³/mol. The van der Waals surface area contributed by atoms with Crippen LogP contribution in [0.2, 0.25) is 0 Å². The number of nitrogens with zero attached hydrogens (tertiary/aromatic N) is 2. The Bertz CT molecular complexity index is 436. The molecule has 0 fully saturated rings. The molecule has 0 atom stereocenters. The van der Waals surface area contributed by atoms with Crippen LogP contribution in [0, 0.1) is 5.82 Å². The van der Waals surface area contributed by atoms with Gasteiger partial charge in [0.15, 0.2) is 7.85 Å². The van der Waals surface area contributed by atoms with E-state index in [1.807, 2.05) is 32.5 Å². The van der Waals surface area contributed by atoms with Gasteiger partial charge in [-0.15, -0.1) is 0 Å². The van der Waals surface area contributed by atoms with E-state index in [9.17, 15) is 4.39 Å². The number of halogens is 1. The Morgan fingerprint density at radius 3 is 2.60 bits per heavy atom. The van der Waals surface area contributed by atoms with E-state index in [4.69, 9.17) is 0 Å². The average Bonchev–Trinajstić information content (AvgIpc) is 2.63. The van der Waals surface area contributed by atoms with Gasteiger partial charge in [-0.25, -0.2) is 9.37 Å². The number of imidazole rings is 1. The molecule has 0 saturated carbocycles. The number of hydrogen-bond donors (Lipinski definition) is 0. The van der Waals surface area contributed by atoms with Crippen molar-refractivity contribution >= 4 is 13.4 Å². The number of aryl methyl sites for hydroxylation is 2. The summed E-state index contributed by atoms with van der Waals surface area (Å²) in [4.78, 5) is 4.05. The molecule has 0 bridgehead atoms. The van der Waals surface area contributed by atoms with Crippen molar-refractivity contribution in [3.05, 3.63) is 48.2 Å². The summed E-state index contributed by atoms with van der Waals surface area (Å²) in [7, 11) is 2.03. The van der Waals surface area contributed by atoms with Crippen molar-refractivity contribution in [2.24, 2.45) is 0 Å². The summed E-state index contributed by atoms with van der Waals surface area (Å²) < 4.78 is 14.7. The van der Waals surface area contributed by atoms with Crippen molar-refractivity contribution in [2.75, 3.05) is 0 Å². The normalized spacial score (nSPS) is 10.5. The van der Waals surface area contributed by atoms with Crippen LogP contribution in [0.3, 0.4) is 0 Å². The average molecular weight is 202 g/mol. The predicted octanol–water partition coefficient (Wildman–Crippen LogP) is 0.523. The van der Waals surface area contributed by atoms with Crippen LogP contribution in [0.25, 0.3) is 0 Å². The Morgan fingerprint density at radius 2 is 2.00 bits per heavy atom. The van der Waals surface area contributed by atoms with Crippen LogP contribution in [0.4, 0.5) is 4.39 Å². The maximum absolute atomic E-state index is 12.6. The highest BCUT2D eigenvalue weighted by Gasteiger charge is 1.97. The quantitative estimate of drug-likeness (QED) is 0.663. The van der Waals surface area contributed by atoms with Crippen LogP contribution in [0.15, 0.2) is 36.8 Å². The summed E-state index contributed by atoms with van der Waals surface area (Å²) in [6, 6.07) is 6.63. The maximum Gasteiger partial charge on any atom is 0.163 e. The Morgan fingerprint density at radius 1 is 1.27 bits per heavy atom. The molecule has 0 spiro atoms. The number of benzene rings is 1. The summed E-state index contributed by atoms with van der Waals surface area (Å²) in [6.07, 6.45) is 4.56. The van der Waals surface area contributed by atoms with Gasteiger partial charge in [0.1, 0.15) is 5.82 Å². The van der Waals surface area contributed by atoms with Crippen LogP contribution >= 0.6 is 0 Å². The fourth-order valence-corrected chi connectivity index (χ4v) is 1.52. The van der Waals surface area contributed by atoms with Gasteiger partial charge in [-0.1, -0.05) is 12.1 Å².